The largest absolute Gasteiger partial charge is 0.458 e. The Kier molecular flexibility index (Phi) is 17.7. The molecular formula is C50H78N4O13S. The van der Waals surface area contributed by atoms with E-state index < -0.39 is 113 Å². The lowest BCUT2D eigenvalue weighted by Crippen LogP contribution is -2.61. The third-order valence-electron chi connectivity index (χ3n) is 15.5. The minimum atomic E-state index is -1.39. The Balaban J connectivity index is 1.39. The number of pyridine rings is 1. The number of cyclic esters (lactones) is 1. The summed E-state index contributed by atoms with van der Waals surface area (Å²) in [5, 5.41) is 26.9. The fourth-order valence-corrected chi connectivity index (χ4v) is 12.8. The molecule has 0 saturated carbocycles. The second-order valence-corrected chi connectivity index (χ2v) is 21.8. The van der Waals surface area contributed by atoms with E-state index in [4.69, 9.17) is 43.0 Å². The summed E-state index contributed by atoms with van der Waals surface area (Å²) in [6.07, 6.45) is -1.53. The van der Waals surface area contributed by atoms with Crippen molar-refractivity contribution in [3.8, 4) is 11.3 Å². The molecule has 0 radical (unpaired) electrons. The standard InChI is InChI=1S/C50H78N4O13S/c1-15-36-50(10)38(42(46(59)67-50)68-22-21-54-20-18-34(52-54)33-17-16-19-51-26-33)29(4)39(55)27(2)24-49(9,61-14)44(66-47-40(56)35(53(11)12)23-28(3)62-47)30(5)41(31(6)45(58)64-36)65-37-25-48(8,60-13)43(57)32(7)63-37/h16-20,26-32,35-38,40-44,47,56-57H,15,21-25H2,1-14H3/t27-,28-,29?,30+,31-,32-,35+,36-,37+,38?,40-,41+,42?,43+,44-,47+,48-,49-,50-/m1/s1. The minimum Gasteiger partial charge on any atom is -0.458 e. The smallest absolute Gasteiger partial charge is 0.320 e. The highest BCUT2D eigenvalue weighted by Crippen LogP contribution is 2.49. The van der Waals surface area contributed by atoms with Crippen molar-refractivity contribution in [3.63, 3.8) is 0 Å². The maximum Gasteiger partial charge on any atom is 0.320 e. The summed E-state index contributed by atoms with van der Waals surface area (Å²) in [4.78, 5) is 50.5. The Morgan fingerprint density at radius 1 is 0.926 bits per heavy atom. The number of ether oxygens (including phenoxy) is 8. The number of hydrogen-bond acceptors (Lipinski definition) is 17. The molecule has 0 aliphatic carbocycles. The van der Waals surface area contributed by atoms with Crippen LogP contribution in [-0.4, -0.2) is 165 Å². The lowest BCUT2D eigenvalue weighted by Gasteiger charge is -2.50. The molecule has 19 atom stereocenters. The van der Waals surface area contributed by atoms with E-state index in [0.717, 1.165) is 11.3 Å². The number of Topliss-reactive ketones (excluding diaryl/α,β-unsaturated/α-hetero) is 1. The maximum atomic E-state index is 15.1. The van der Waals surface area contributed by atoms with E-state index in [0.29, 0.717) is 18.7 Å². The zero-order valence-corrected chi connectivity index (χ0v) is 43.3. The molecule has 0 aromatic carbocycles. The lowest BCUT2D eigenvalue weighted by atomic mass is 9.70. The van der Waals surface area contributed by atoms with Gasteiger partial charge in [-0.05, 0) is 93.1 Å². The molecule has 382 valence electrons. The summed E-state index contributed by atoms with van der Waals surface area (Å²) in [6, 6.07) is 5.41. The Morgan fingerprint density at radius 3 is 2.26 bits per heavy atom. The fourth-order valence-electron chi connectivity index (χ4n) is 11.3. The summed E-state index contributed by atoms with van der Waals surface area (Å²) in [6.45, 7) is 18.7. The van der Waals surface area contributed by atoms with Crippen LogP contribution in [0.25, 0.3) is 11.3 Å². The van der Waals surface area contributed by atoms with Gasteiger partial charge in [0, 0.05) is 86.8 Å². The Morgan fingerprint density at radius 2 is 1.63 bits per heavy atom. The molecule has 4 aliphatic rings. The highest BCUT2D eigenvalue weighted by Gasteiger charge is 2.62. The fraction of sp³-hybridized carbons (Fsp3) is 0.780. The van der Waals surface area contributed by atoms with Gasteiger partial charge in [0.15, 0.2) is 18.2 Å². The topological polar surface area (TPSA) is 199 Å². The number of methoxy groups -OCH3 is 2. The molecule has 17 nitrogen and oxygen atoms in total. The molecule has 2 aromatic rings. The number of aliphatic hydroxyl groups is 2. The number of likely N-dealkylation sites (N-methyl/N-ethyl adjacent to an activating group) is 1. The van der Waals surface area contributed by atoms with E-state index in [-0.39, 0.29) is 37.2 Å². The first kappa shape index (κ1) is 54.3. The molecule has 6 heterocycles. The van der Waals surface area contributed by atoms with E-state index >= 15 is 4.79 Å². The third-order valence-corrected chi connectivity index (χ3v) is 16.7. The maximum absolute atomic E-state index is 15.1. The zero-order chi connectivity index (χ0) is 50.0. The van der Waals surface area contributed by atoms with Crippen molar-refractivity contribution in [2.24, 2.45) is 29.6 Å². The number of aromatic nitrogens is 3. The first-order valence-electron chi connectivity index (χ1n) is 24.3. The molecule has 2 N–H and O–H groups in total. The summed E-state index contributed by atoms with van der Waals surface area (Å²) < 4.78 is 53.6. The highest BCUT2D eigenvalue weighted by molar-refractivity contribution is 8.00. The number of carbonyl (C=O) groups is 3. The number of rotatable bonds is 13. The van der Waals surface area contributed by atoms with Gasteiger partial charge in [0.25, 0.3) is 0 Å². The van der Waals surface area contributed by atoms with E-state index in [1.54, 1.807) is 47.2 Å². The predicted molar refractivity (Wildman–Crippen MR) is 254 cm³/mol. The number of carbonyl (C=O) groups excluding carboxylic acids is 3. The third kappa shape index (κ3) is 11.2. The van der Waals surface area contributed by atoms with Crippen molar-refractivity contribution in [2.75, 3.05) is 34.1 Å². The van der Waals surface area contributed by atoms with Crippen LogP contribution < -0.4 is 0 Å². The minimum absolute atomic E-state index is 0.121. The van der Waals surface area contributed by atoms with E-state index in [2.05, 4.69) is 4.98 Å². The Bertz CT molecular complexity index is 2010. The number of thioether (sulfide) groups is 1. The van der Waals surface area contributed by atoms with Crippen LogP contribution in [0.4, 0.5) is 0 Å². The number of hydrogen-bond donors (Lipinski definition) is 2. The molecule has 0 amide bonds. The first-order valence-corrected chi connectivity index (χ1v) is 25.3. The molecule has 4 aliphatic heterocycles. The average molecular weight is 975 g/mol. The van der Waals surface area contributed by atoms with Crippen LogP contribution in [0.15, 0.2) is 36.8 Å². The normalized spacial score (nSPS) is 42.0. The van der Waals surface area contributed by atoms with Crippen LogP contribution in [0.5, 0.6) is 0 Å². The Labute approximate surface area is 406 Å². The summed E-state index contributed by atoms with van der Waals surface area (Å²) in [5.41, 5.74) is -2.03. The molecule has 4 saturated heterocycles. The molecule has 68 heavy (non-hydrogen) atoms. The second kappa shape index (κ2) is 22.2. The second-order valence-electron chi connectivity index (χ2n) is 20.6. The van der Waals surface area contributed by atoms with Crippen LogP contribution in [0.3, 0.4) is 0 Å². The van der Waals surface area contributed by atoms with Crippen molar-refractivity contribution in [1.29, 1.82) is 0 Å². The van der Waals surface area contributed by atoms with Crippen LogP contribution in [0.1, 0.15) is 94.9 Å². The molecule has 3 unspecified atom stereocenters. The van der Waals surface area contributed by atoms with E-state index in [9.17, 15) is 19.8 Å². The molecule has 4 fully saturated rings. The van der Waals surface area contributed by atoms with Gasteiger partial charge in [0.05, 0.1) is 47.2 Å². The van der Waals surface area contributed by atoms with E-state index in [1.165, 1.54) is 18.9 Å². The Hall–Kier alpha value is -3.04. The summed E-state index contributed by atoms with van der Waals surface area (Å²) in [5.74, 6) is -4.55. The number of ketones is 1. The van der Waals surface area contributed by atoms with Crippen LogP contribution in [0.2, 0.25) is 0 Å². The molecular weight excluding hydrogens is 897 g/mol. The molecule has 6 rings (SSSR count). The monoisotopic (exact) mass is 975 g/mol. The van der Waals surface area contributed by atoms with Gasteiger partial charge in [0.2, 0.25) is 0 Å². The van der Waals surface area contributed by atoms with Crippen molar-refractivity contribution in [3.05, 3.63) is 36.8 Å². The zero-order valence-electron chi connectivity index (χ0n) is 42.5. The van der Waals surface area contributed by atoms with Crippen molar-refractivity contribution in [2.45, 2.75) is 185 Å². The highest BCUT2D eigenvalue weighted by atomic mass is 32.2. The SMILES string of the molecule is CC[C@H]1OC(=O)[C@H](C)[C@@H](O[C@H]2C[C@@](C)(OC)[C@@H](O)[C@@H](C)O2)[C@H](C)[C@@H](O[C@@H]2O[C@H](C)C[C@H](N(C)C)[C@H]2O)[C@](C)(OC)C[C@@H](C)C(=O)C(C)C2C(SCCn3ccc(-c4cccnc4)n3)C(=O)O[C@@]21C. The molecule has 18 heteroatoms. The van der Waals surface area contributed by atoms with Crippen LogP contribution >= 0.6 is 11.8 Å². The molecule has 0 spiro atoms. The number of nitrogens with zero attached hydrogens (tertiary/aromatic N) is 4. The molecule has 0 bridgehead atoms. The summed E-state index contributed by atoms with van der Waals surface area (Å²) >= 11 is 1.40. The van der Waals surface area contributed by atoms with E-state index in [1.807, 2.05) is 89.6 Å². The average Bonchev–Trinajstić information content (AvgIpc) is 3.89. The van der Waals surface area contributed by atoms with Crippen molar-refractivity contribution in [1.82, 2.24) is 19.7 Å². The van der Waals surface area contributed by atoms with Crippen molar-refractivity contribution >= 4 is 29.5 Å². The van der Waals surface area contributed by atoms with Gasteiger partial charge in [-0.15, -0.1) is 11.8 Å². The van der Waals surface area contributed by atoms with Crippen LogP contribution in [-0.2, 0) is 58.8 Å². The number of aryl methyl sites for hydroxylation is 1. The summed E-state index contributed by atoms with van der Waals surface area (Å²) in [7, 11) is 6.87. The number of fused-ring (bicyclic) bond motifs is 1. The van der Waals surface area contributed by atoms with Gasteiger partial charge in [0.1, 0.15) is 29.3 Å². The quantitative estimate of drug-likeness (QED) is 0.244. The van der Waals surface area contributed by atoms with Crippen LogP contribution in [0, 0.1) is 29.6 Å². The van der Waals surface area contributed by atoms with Gasteiger partial charge >= 0.3 is 11.9 Å². The number of esters is 2. The lowest BCUT2D eigenvalue weighted by molar-refractivity contribution is -0.319. The van der Waals surface area contributed by atoms with Gasteiger partial charge < -0.3 is 53.0 Å². The van der Waals surface area contributed by atoms with Gasteiger partial charge in [-0.3, -0.25) is 24.0 Å². The molecule has 2 aromatic heterocycles. The first-order chi connectivity index (χ1) is 32.0. The predicted octanol–water partition coefficient (Wildman–Crippen LogP) is 5.32. The van der Waals surface area contributed by atoms with Gasteiger partial charge in [-0.25, -0.2) is 0 Å². The van der Waals surface area contributed by atoms with Gasteiger partial charge in [-0.1, -0.05) is 27.7 Å². The van der Waals surface area contributed by atoms with Gasteiger partial charge in [-0.2, -0.15) is 5.10 Å². The van der Waals surface area contributed by atoms with Crippen molar-refractivity contribution < 1.29 is 62.5 Å². The number of aliphatic hydroxyl groups excluding tert-OH is 2.